The molecule has 3 N–H and O–H groups in total. The van der Waals surface area contributed by atoms with E-state index >= 15 is 0 Å². The van der Waals surface area contributed by atoms with Gasteiger partial charge >= 0.3 is 0 Å². The van der Waals surface area contributed by atoms with Crippen LogP contribution in [-0.2, 0) is 4.79 Å². The highest BCUT2D eigenvalue weighted by Crippen LogP contribution is 2.14. The third-order valence-electron chi connectivity index (χ3n) is 8.85. The number of hydrogen-bond acceptors (Lipinski definition) is 3. The monoisotopic (exact) mass is 632 g/mol. The van der Waals surface area contributed by atoms with Crippen LogP contribution in [0.25, 0.3) is 0 Å². The molecule has 4 heteroatoms. The molecule has 0 bridgehead atoms. The van der Waals surface area contributed by atoms with Gasteiger partial charge in [-0.3, -0.25) is 4.79 Å². The van der Waals surface area contributed by atoms with Crippen LogP contribution in [0.4, 0.5) is 0 Å². The van der Waals surface area contributed by atoms with Crippen LogP contribution in [0.5, 0.6) is 0 Å². The van der Waals surface area contributed by atoms with Crippen LogP contribution in [0.15, 0.2) is 36.5 Å². The van der Waals surface area contributed by atoms with E-state index in [1.165, 1.54) is 135 Å². The summed E-state index contributed by atoms with van der Waals surface area (Å²) in [7, 11) is 0. The van der Waals surface area contributed by atoms with Crippen LogP contribution >= 0.6 is 0 Å². The number of nitrogens with one attached hydrogen (secondary N) is 1. The zero-order valence-electron chi connectivity index (χ0n) is 30.1. The van der Waals surface area contributed by atoms with Crippen molar-refractivity contribution in [2.24, 2.45) is 0 Å². The average Bonchev–Trinajstić information content (AvgIpc) is 3.04. The van der Waals surface area contributed by atoms with Crippen molar-refractivity contribution >= 4 is 5.91 Å². The number of hydrogen-bond donors (Lipinski definition) is 3. The molecule has 0 rings (SSSR count). The predicted molar refractivity (Wildman–Crippen MR) is 198 cm³/mol. The van der Waals surface area contributed by atoms with Crippen LogP contribution < -0.4 is 5.32 Å². The molecular weight excluding hydrogens is 554 g/mol. The Hall–Kier alpha value is -1.39. The zero-order valence-corrected chi connectivity index (χ0v) is 30.1. The normalized spacial score (nSPS) is 13.4. The van der Waals surface area contributed by atoms with E-state index in [1.807, 2.05) is 6.08 Å². The van der Waals surface area contributed by atoms with Crippen molar-refractivity contribution in [2.45, 2.75) is 212 Å². The Labute approximate surface area is 281 Å². The number of carbonyl (C=O) groups excluding carboxylic acids is 1. The Morgan fingerprint density at radius 3 is 1.33 bits per heavy atom. The van der Waals surface area contributed by atoms with E-state index in [0.29, 0.717) is 6.42 Å². The molecule has 0 aromatic carbocycles. The lowest BCUT2D eigenvalue weighted by Crippen LogP contribution is -2.45. The number of allylic oxidation sites excluding steroid dienone is 5. The average molecular weight is 632 g/mol. The van der Waals surface area contributed by atoms with Crippen molar-refractivity contribution < 1.29 is 15.0 Å². The molecule has 0 aromatic rings. The number of rotatable bonds is 35. The molecule has 0 saturated heterocycles. The van der Waals surface area contributed by atoms with Gasteiger partial charge in [0.25, 0.3) is 0 Å². The van der Waals surface area contributed by atoms with Gasteiger partial charge in [0.05, 0.1) is 18.8 Å². The molecule has 0 saturated carbocycles. The van der Waals surface area contributed by atoms with Crippen LogP contribution in [0.1, 0.15) is 200 Å². The van der Waals surface area contributed by atoms with Gasteiger partial charge in [-0.25, -0.2) is 0 Å². The van der Waals surface area contributed by atoms with Gasteiger partial charge in [-0.15, -0.1) is 0 Å². The molecule has 0 spiro atoms. The summed E-state index contributed by atoms with van der Waals surface area (Å²) in [5.74, 6) is -0.0850. The van der Waals surface area contributed by atoms with Crippen LogP contribution in [0.3, 0.4) is 0 Å². The summed E-state index contributed by atoms with van der Waals surface area (Å²) in [6.07, 6.45) is 48.1. The molecule has 2 atom stereocenters. The molecule has 0 aromatic heterocycles. The standard InChI is InChI=1S/C41H77NO3/c1-3-5-7-9-11-13-15-17-18-19-20-21-22-23-24-25-26-28-30-32-34-36-40(44)39(38-43)42-41(45)37-35-33-31-29-27-16-14-12-10-8-6-4-2/h12,14,26,28,34,36,39-40,43-44H,3-11,13,15-25,27,29-33,35,37-38H2,1-2H3,(H,42,45)/b14-12-,28-26+,36-34+. The van der Waals surface area contributed by atoms with Gasteiger partial charge in [-0.1, -0.05) is 172 Å². The van der Waals surface area contributed by atoms with Gasteiger partial charge in [0.1, 0.15) is 0 Å². The molecular formula is C41H77NO3. The first kappa shape index (κ1) is 43.6. The maximum atomic E-state index is 12.3. The van der Waals surface area contributed by atoms with Gasteiger partial charge in [-0.05, 0) is 57.8 Å². The molecule has 45 heavy (non-hydrogen) atoms. The Morgan fingerprint density at radius 2 is 0.867 bits per heavy atom. The van der Waals surface area contributed by atoms with E-state index in [4.69, 9.17) is 0 Å². The predicted octanol–water partition coefficient (Wildman–Crippen LogP) is 11.8. The smallest absolute Gasteiger partial charge is 0.220 e. The van der Waals surface area contributed by atoms with Gasteiger partial charge in [0.2, 0.25) is 5.91 Å². The molecule has 4 nitrogen and oxygen atoms in total. The first-order valence-electron chi connectivity index (χ1n) is 19.7. The second kappa shape index (κ2) is 37.1. The fraction of sp³-hybridized carbons (Fsp3) is 0.829. The lowest BCUT2D eigenvalue weighted by molar-refractivity contribution is -0.123. The maximum Gasteiger partial charge on any atom is 0.220 e. The largest absolute Gasteiger partial charge is 0.394 e. The first-order chi connectivity index (χ1) is 22.2. The molecule has 0 aliphatic carbocycles. The minimum absolute atomic E-state index is 0.0850. The summed E-state index contributed by atoms with van der Waals surface area (Å²) in [4.78, 5) is 12.3. The third-order valence-corrected chi connectivity index (χ3v) is 8.85. The fourth-order valence-corrected chi connectivity index (χ4v) is 5.78. The van der Waals surface area contributed by atoms with Gasteiger partial charge in [0, 0.05) is 6.42 Å². The number of unbranched alkanes of at least 4 members (excludes halogenated alkanes) is 24. The molecule has 264 valence electrons. The van der Waals surface area contributed by atoms with E-state index in [0.717, 1.165) is 44.9 Å². The van der Waals surface area contributed by atoms with E-state index in [1.54, 1.807) is 6.08 Å². The second-order valence-corrected chi connectivity index (χ2v) is 13.3. The molecule has 1 amide bonds. The van der Waals surface area contributed by atoms with Gasteiger partial charge in [-0.2, -0.15) is 0 Å². The zero-order chi connectivity index (χ0) is 32.9. The number of aliphatic hydroxyl groups is 2. The molecule has 0 heterocycles. The Bertz CT molecular complexity index is 686. The van der Waals surface area contributed by atoms with Crippen molar-refractivity contribution in [1.29, 1.82) is 0 Å². The highest BCUT2D eigenvalue weighted by molar-refractivity contribution is 5.76. The summed E-state index contributed by atoms with van der Waals surface area (Å²) >= 11 is 0. The summed E-state index contributed by atoms with van der Waals surface area (Å²) in [5.41, 5.74) is 0. The Balaban J connectivity index is 3.63. The Morgan fingerprint density at radius 1 is 0.511 bits per heavy atom. The summed E-state index contributed by atoms with van der Waals surface area (Å²) < 4.78 is 0. The number of carbonyl (C=O) groups is 1. The maximum absolute atomic E-state index is 12.3. The van der Waals surface area contributed by atoms with Crippen LogP contribution in [0.2, 0.25) is 0 Å². The van der Waals surface area contributed by atoms with Gasteiger partial charge < -0.3 is 15.5 Å². The lowest BCUT2D eigenvalue weighted by Gasteiger charge is -2.19. The van der Waals surface area contributed by atoms with E-state index in [2.05, 4.69) is 43.5 Å². The van der Waals surface area contributed by atoms with Crippen molar-refractivity contribution in [3.63, 3.8) is 0 Å². The lowest BCUT2D eigenvalue weighted by atomic mass is 10.0. The first-order valence-corrected chi connectivity index (χ1v) is 19.7. The van der Waals surface area contributed by atoms with Crippen LogP contribution in [-0.4, -0.2) is 34.9 Å². The Kier molecular flexibility index (Phi) is 35.9. The SMILES string of the molecule is CCCCC/C=C\CCCCCCCC(=O)NC(CO)C(O)/C=C/CC/C=C/CCCCCCCCCCCCCCCCC. The summed E-state index contributed by atoms with van der Waals surface area (Å²) in [5, 5.41) is 22.9. The van der Waals surface area contributed by atoms with E-state index in [-0.39, 0.29) is 12.5 Å². The van der Waals surface area contributed by atoms with Crippen molar-refractivity contribution in [3.05, 3.63) is 36.5 Å². The highest BCUT2D eigenvalue weighted by Gasteiger charge is 2.17. The van der Waals surface area contributed by atoms with Crippen molar-refractivity contribution in [2.75, 3.05) is 6.61 Å². The number of amides is 1. The van der Waals surface area contributed by atoms with E-state index in [9.17, 15) is 15.0 Å². The van der Waals surface area contributed by atoms with Crippen molar-refractivity contribution in [1.82, 2.24) is 5.32 Å². The minimum atomic E-state index is -0.863. The molecule has 0 aliphatic rings. The van der Waals surface area contributed by atoms with Crippen LogP contribution in [0, 0.1) is 0 Å². The minimum Gasteiger partial charge on any atom is -0.394 e. The van der Waals surface area contributed by atoms with Gasteiger partial charge in [0.15, 0.2) is 0 Å². The third kappa shape index (κ3) is 33.8. The topological polar surface area (TPSA) is 69.6 Å². The van der Waals surface area contributed by atoms with E-state index < -0.39 is 12.1 Å². The molecule has 2 unspecified atom stereocenters. The summed E-state index contributed by atoms with van der Waals surface area (Å²) in [6.45, 7) is 4.26. The quantitative estimate of drug-likeness (QED) is 0.0481. The molecule has 0 fully saturated rings. The molecule has 0 radical (unpaired) electrons. The number of aliphatic hydroxyl groups excluding tert-OH is 2. The van der Waals surface area contributed by atoms with Crippen molar-refractivity contribution in [3.8, 4) is 0 Å². The second-order valence-electron chi connectivity index (χ2n) is 13.3. The summed E-state index contributed by atoms with van der Waals surface area (Å²) in [6, 6.07) is -0.640. The highest BCUT2D eigenvalue weighted by atomic mass is 16.3. The molecule has 0 aliphatic heterocycles. The fourth-order valence-electron chi connectivity index (χ4n) is 5.78.